The normalized spacial score (nSPS) is 17.3. The molecule has 0 amide bonds. The molecule has 3 heteroatoms. The maximum atomic E-state index is 3.80. The van der Waals surface area contributed by atoms with E-state index >= 15 is 0 Å². The van der Waals surface area contributed by atoms with Crippen LogP contribution in [0.5, 0.6) is 0 Å². The second-order valence-corrected chi connectivity index (χ2v) is 1.70. The molecule has 0 N–H and O–H groups in total. The van der Waals surface area contributed by atoms with Crippen molar-refractivity contribution in [1.29, 1.82) is 0 Å². The molecule has 0 aliphatic carbocycles. The van der Waals surface area contributed by atoms with Gasteiger partial charge in [0.2, 0.25) is 0 Å². The summed E-state index contributed by atoms with van der Waals surface area (Å²) < 4.78 is 0. The van der Waals surface area contributed by atoms with Gasteiger partial charge in [0.25, 0.3) is 0 Å². The summed E-state index contributed by atoms with van der Waals surface area (Å²) in [7, 11) is 0. The predicted molar refractivity (Wildman–Crippen MR) is 24.8 cm³/mol. The van der Waals surface area contributed by atoms with Crippen LogP contribution in [-0.4, -0.2) is 17.8 Å². The molecule has 0 unspecified atom stereocenters. The van der Waals surface area contributed by atoms with Crippen LogP contribution in [0.4, 0.5) is 0 Å². The van der Waals surface area contributed by atoms with Crippen LogP contribution >= 0.6 is 11.8 Å². The van der Waals surface area contributed by atoms with Crippen molar-refractivity contribution in [2.75, 3.05) is 12.3 Å². The summed E-state index contributed by atoms with van der Waals surface area (Å²) in [6, 6.07) is 0. The minimum absolute atomic E-state index is 0. The largest absolute Gasteiger partial charge is 0.275 e. The zero-order valence-electron chi connectivity index (χ0n) is 3.27. The van der Waals surface area contributed by atoms with Gasteiger partial charge in [0.05, 0.1) is 0 Å². The average Bonchev–Trinajstić information content (AvgIpc) is 1.76. The molecule has 1 rings (SSSR count). The van der Waals surface area contributed by atoms with E-state index in [1.165, 1.54) is 0 Å². The predicted octanol–water partition coefficient (Wildman–Crippen LogP) is 0.636. The van der Waals surface area contributed by atoms with E-state index in [0.29, 0.717) is 0 Å². The molecule has 0 saturated heterocycles. The summed E-state index contributed by atoms with van der Waals surface area (Å²) in [6.45, 7) is 0.977. The zero-order chi connectivity index (χ0) is 3.54. The summed E-state index contributed by atoms with van der Waals surface area (Å²) in [5, 5.41) is 0. The summed E-state index contributed by atoms with van der Waals surface area (Å²) in [5.74, 6) is 1.14. The maximum Gasteiger partial charge on any atom is 0.122 e. The maximum absolute atomic E-state index is 3.80. The number of hydrogen-bond acceptors (Lipinski definition) is 2. The summed E-state index contributed by atoms with van der Waals surface area (Å²) in [4.78, 5) is 3.80. The van der Waals surface area contributed by atoms with E-state index in [1.807, 2.05) is 0 Å². The topological polar surface area (TPSA) is 12.4 Å². The molecule has 0 aromatic rings. The van der Waals surface area contributed by atoms with Gasteiger partial charge >= 0.3 is 0 Å². The fourth-order valence-corrected chi connectivity index (χ4v) is 0.685. The van der Waals surface area contributed by atoms with E-state index in [1.54, 1.807) is 11.8 Å². The van der Waals surface area contributed by atoms with Gasteiger partial charge in [-0.25, -0.2) is 0 Å². The molecule has 31 valence electrons. The van der Waals surface area contributed by atoms with Gasteiger partial charge in [0.1, 0.15) is 5.55 Å². The molecule has 0 saturated carbocycles. The molecule has 1 aliphatic heterocycles. The molecule has 6 heavy (non-hydrogen) atoms. The Morgan fingerprint density at radius 2 is 2.50 bits per heavy atom. The van der Waals surface area contributed by atoms with Crippen molar-refractivity contribution < 1.29 is 25.8 Å². The van der Waals surface area contributed by atoms with Crippen molar-refractivity contribution in [3.05, 3.63) is 0 Å². The van der Waals surface area contributed by atoms with Crippen LogP contribution in [0.2, 0.25) is 0 Å². The summed E-state index contributed by atoms with van der Waals surface area (Å²) in [6.07, 6.45) is 0. The van der Waals surface area contributed by atoms with Gasteiger partial charge < -0.3 is 0 Å². The minimum Gasteiger partial charge on any atom is -0.275 e. The molecule has 0 fully saturated rings. The van der Waals surface area contributed by atoms with E-state index in [2.05, 4.69) is 10.5 Å². The van der Waals surface area contributed by atoms with Gasteiger partial charge in [-0.1, -0.05) is 0 Å². The third kappa shape index (κ3) is 2.13. The van der Waals surface area contributed by atoms with Gasteiger partial charge in [-0.3, -0.25) is 4.99 Å². The third-order valence-corrected chi connectivity index (χ3v) is 1.08. The van der Waals surface area contributed by atoms with Gasteiger partial charge in [0.15, 0.2) is 0 Å². The Kier molecular flexibility index (Phi) is 4.66. The number of aliphatic imine (C=N–C) groups is 1. The van der Waals surface area contributed by atoms with Crippen molar-refractivity contribution >= 4 is 17.3 Å². The summed E-state index contributed by atoms with van der Waals surface area (Å²) >= 11 is 1.66. The Morgan fingerprint density at radius 1 is 1.67 bits per heavy atom. The van der Waals surface area contributed by atoms with E-state index in [9.17, 15) is 0 Å². The SMILES string of the molecule is [C]1=NCCS1.[Hf]. The molecular formula is C3H4HfNS. The summed E-state index contributed by atoms with van der Waals surface area (Å²) in [5.41, 5.74) is 2.76. The number of thioether (sulfide) groups is 1. The zero-order valence-corrected chi connectivity index (χ0v) is 7.68. The van der Waals surface area contributed by atoms with E-state index < -0.39 is 0 Å². The smallest absolute Gasteiger partial charge is 0.122 e. The Bertz CT molecular complexity index is 48.8. The fraction of sp³-hybridized carbons (Fsp3) is 0.667. The molecule has 0 aromatic carbocycles. The van der Waals surface area contributed by atoms with Crippen molar-refractivity contribution in [3.8, 4) is 0 Å². The second kappa shape index (κ2) is 4.06. The van der Waals surface area contributed by atoms with E-state index in [4.69, 9.17) is 0 Å². The first-order valence-corrected chi connectivity index (χ1v) is 2.52. The quantitative estimate of drug-likeness (QED) is 0.585. The Balaban J connectivity index is 0.000000250. The number of rotatable bonds is 0. The van der Waals surface area contributed by atoms with Gasteiger partial charge in [-0.2, -0.15) is 0 Å². The van der Waals surface area contributed by atoms with Gasteiger partial charge in [-0.05, 0) is 0 Å². The van der Waals surface area contributed by atoms with Crippen LogP contribution in [0.1, 0.15) is 0 Å². The molecule has 0 bridgehead atoms. The number of nitrogens with zero attached hydrogens (tertiary/aromatic N) is 1. The van der Waals surface area contributed by atoms with Gasteiger partial charge in [-0.15, -0.1) is 11.8 Å². The average molecular weight is 265 g/mol. The van der Waals surface area contributed by atoms with Crippen LogP contribution in [0.3, 0.4) is 0 Å². The number of hydrogen-bond donors (Lipinski definition) is 0. The van der Waals surface area contributed by atoms with Crippen molar-refractivity contribution in [2.24, 2.45) is 4.99 Å². The van der Waals surface area contributed by atoms with Crippen LogP contribution in [-0.2, 0) is 25.8 Å². The third-order valence-electron chi connectivity index (χ3n) is 0.434. The Morgan fingerprint density at radius 3 is 2.67 bits per heavy atom. The van der Waals surface area contributed by atoms with Crippen LogP contribution in [0.15, 0.2) is 4.99 Å². The van der Waals surface area contributed by atoms with Crippen LogP contribution < -0.4 is 0 Å². The van der Waals surface area contributed by atoms with E-state index in [-0.39, 0.29) is 25.8 Å². The minimum atomic E-state index is 0. The molecular weight excluding hydrogens is 261 g/mol. The monoisotopic (exact) mass is 266 g/mol. The molecule has 0 atom stereocenters. The fourth-order valence-electron chi connectivity index (χ4n) is 0.228. The molecule has 1 nitrogen and oxygen atoms in total. The first kappa shape index (κ1) is 6.89. The standard InChI is InChI=1S/C3H4NS.Hf/c1-2-5-3-4-1;/h1-2H2;. The van der Waals surface area contributed by atoms with Crippen molar-refractivity contribution in [3.63, 3.8) is 0 Å². The molecule has 1 heterocycles. The molecule has 1 radical (unpaired) electrons. The van der Waals surface area contributed by atoms with Crippen LogP contribution in [0.25, 0.3) is 0 Å². The Labute approximate surface area is 60.4 Å². The molecule has 0 aromatic heterocycles. The van der Waals surface area contributed by atoms with E-state index in [0.717, 1.165) is 12.3 Å². The first-order valence-electron chi connectivity index (χ1n) is 1.53. The van der Waals surface area contributed by atoms with Crippen molar-refractivity contribution in [1.82, 2.24) is 0 Å². The van der Waals surface area contributed by atoms with Crippen molar-refractivity contribution in [2.45, 2.75) is 0 Å². The van der Waals surface area contributed by atoms with Crippen LogP contribution in [0, 0.1) is 0 Å². The first-order chi connectivity index (χ1) is 2.50. The molecule has 1 aliphatic rings. The Hall–Kier alpha value is 0.890. The second-order valence-electron chi connectivity index (χ2n) is 0.821. The molecule has 0 spiro atoms. The van der Waals surface area contributed by atoms with Gasteiger partial charge in [0, 0.05) is 38.1 Å².